The molecule has 0 aliphatic rings. The summed E-state index contributed by atoms with van der Waals surface area (Å²) in [4.78, 5) is 0. The van der Waals surface area contributed by atoms with Crippen molar-refractivity contribution in [3.8, 4) is 11.8 Å². The molecule has 0 heterocycles. The van der Waals surface area contributed by atoms with Gasteiger partial charge < -0.3 is 0 Å². The third-order valence-corrected chi connectivity index (χ3v) is 3.86. The second-order valence-electron chi connectivity index (χ2n) is 6.11. The van der Waals surface area contributed by atoms with Crippen LogP contribution in [0, 0.1) is 17.3 Å². The fourth-order valence-electron chi connectivity index (χ4n) is 2.76. The third kappa shape index (κ3) is 5.83. The first kappa shape index (κ1) is 16.8. The summed E-state index contributed by atoms with van der Waals surface area (Å²) >= 11 is 0. The summed E-state index contributed by atoms with van der Waals surface area (Å²) in [6.07, 6.45) is 8.50. The van der Waals surface area contributed by atoms with E-state index in [0.29, 0.717) is 0 Å². The molecule has 0 aliphatic carbocycles. The van der Waals surface area contributed by atoms with Crippen LogP contribution in [-0.4, -0.2) is 0 Å². The Morgan fingerprint density at radius 3 is 2.30 bits per heavy atom. The van der Waals surface area contributed by atoms with Gasteiger partial charge in [-0.15, -0.1) is 0 Å². The van der Waals surface area contributed by atoms with Gasteiger partial charge in [0.2, 0.25) is 0 Å². The molecule has 0 amide bonds. The molecule has 1 aromatic carbocycles. The number of hydrogen-bond donors (Lipinski definition) is 0. The minimum Gasteiger partial charge on any atom is -0.0914 e. The Hall–Kier alpha value is -1.22. The minimum absolute atomic E-state index is 0.183. The summed E-state index contributed by atoms with van der Waals surface area (Å²) in [6, 6.07) is 8.77. The average molecular weight is 270 g/mol. The molecule has 0 saturated heterocycles. The van der Waals surface area contributed by atoms with Crippen LogP contribution in [0.4, 0.5) is 0 Å². The minimum atomic E-state index is 0.183. The van der Waals surface area contributed by atoms with E-state index in [-0.39, 0.29) is 5.41 Å². The topological polar surface area (TPSA) is 0 Å². The van der Waals surface area contributed by atoms with Crippen LogP contribution in [0.5, 0.6) is 0 Å². The van der Waals surface area contributed by atoms with Crippen molar-refractivity contribution in [3.63, 3.8) is 0 Å². The van der Waals surface area contributed by atoms with Crippen LogP contribution < -0.4 is 0 Å². The Kier molecular flexibility index (Phi) is 7.45. The van der Waals surface area contributed by atoms with Crippen molar-refractivity contribution in [1.29, 1.82) is 0 Å². The van der Waals surface area contributed by atoms with E-state index in [4.69, 9.17) is 0 Å². The van der Waals surface area contributed by atoms with Gasteiger partial charge in [0.1, 0.15) is 0 Å². The van der Waals surface area contributed by atoms with E-state index in [0.717, 1.165) is 0 Å². The Balaban J connectivity index is 2.83. The molecule has 0 saturated carbocycles. The van der Waals surface area contributed by atoms with E-state index in [1.165, 1.54) is 56.1 Å². The third-order valence-electron chi connectivity index (χ3n) is 3.86. The maximum atomic E-state index is 3.55. The van der Waals surface area contributed by atoms with E-state index >= 15 is 0 Å². The van der Waals surface area contributed by atoms with Crippen LogP contribution in [0.3, 0.4) is 0 Å². The standard InChI is InChI=1S/C20H30/c1-5-8-10-18-11-9-12-19(17-18)13-16-20(4,14-6-2)15-7-3/h9,11-12,17H,5-8,10,14-15H2,1-4H3. The van der Waals surface area contributed by atoms with Crippen molar-refractivity contribution < 1.29 is 0 Å². The van der Waals surface area contributed by atoms with E-state index in [2.05, 4.69) is 63.8 Å². The predicted octanol–water partition coefficient (Wildman–Crippen LogP) is 5.99. The number of unbranched alkanes of at least 4 members (excludes halogenated alkanes) is 1. The van der Waals surface area contributed by atoms with E-state index < -0.39 is 0 Å². The molecular formula is C20H30. The van der Waals surface area contributed by atoms with Crippen LogP contribution in [-0.2, 0) is 6.42 Å². The molecule has 110 valence electrons. The number of aryl methyl sites for hydroxylation is 1. The first-order valence-electron chi connectivity index (χ1n) is 8.25. The maximum Gasteiger partial charge on any atom is 0.0290 e. The molecule has 0 N–H and O–H groups in total. The molecule has 1 aromatic rings. The Morgan fingerprint density at radius 2 is 1.70 bits per heavy atom. The maximum absolute atomic E-state index is 3.55. The van der Waals surface area contributed by atoms with Gasteiger partial charge in [0.25, 0.3) is 0 Å². The summed E-state index contributed by atoms with van der Waals surface area (Å²) < 4.78 is 0. The number of rotatable bonds is 7. The highest BCUT2D eigenvalue weighted by atomic mass is 14.2. The molecule has 0 bridgehead atoms. The zero-order valence-electron chi connectivity index (χ0n) is 13.8. The zero-order chi connectivity index (χ0) is 14.8. The molecule has 1 rings (SSSR count). The number of benzene rings is 1. The van der Waals surface area contributed by atoms with Crippen molar-refractivity contribution in [2.45, 2.75) is 72.6 Å². The Labute approximate surface area is 126 Å². The van der Waals surface area contributed by atoms with Crippen LogP contribution in [0.25, 0.3) is 0 Å². The largest absolute Gasteiger partial charge is 0.0914 e. The molecule has 0 radical (unpaired) electrons. The average Bonchev–Trinajstić information content (AvgIpc) is 2.44. The molecule has 20 heavy (non-hydrogen) atoms. The lowest BCUT2D eigenvalue weighted by Gasteiger charge is -2.22. The first-order chi connectivity index (χ1) is 9.63. The molecule has 0 spiro atoms. The number of hydrogen-bond acceptors (Lipinski definition) is 0. The van der Waals surface area contributed by atoms with Gasteiger partial charge in [-0.2, -0.15) is 0 Å². The van der Waals surface area contributed by atoms with Gasteiger partial charge >= 0.3 is 0 Å². The van der Waals surface area contributed by atoms with Gasteiger partial charge in [0.05, 0.1) is 0 Å². The van der Waals surface area contributed by atoms with Gasteiger partial charge in [-0.05, 0) is 50.3 Å². The van der Waals surface area contributed by atoms with Crippen molar-refractivity contribution in [2.24, 2.45) is 5.41 Å². The lowest BCUT2D eigenvalue weighted by Crippen LogP contribution is -2.13. The van der Waals surface area contributed by atoms with Crippen molar-refractivity contribution in [2.75, 3.05) is 0 Å². The Bertz CT molecular complexity index is 439. The van der Waals surface area contributed by atoms with Gasteiger partial charge in [0, 0.05) is 11.0 Å². The predicted molar refractivity (Wildman–Crippen MR) is 89.9 cm³/mol. The molecule has 0 unspecified atom stereocenters. The molecule has 0 atom stereocenters. The molecule has 0 nitrogen and oxygen atoms in total. The highest BCUT2D eigenvalue weighted by molar-refractivity contribution is 5.38. The van der Waals surface area contributed by atoms with E-state index in [1.54, 1.807) is 0 Å². The van der Waals surface area contributed by atoms with Crippen molar-refractivity contribution in [1.82, 2.24) is 0 Å². The van der Waals surface area contributed by atoms with E-state index in [9.17, 15) is 0 Å². The van der Waals surface area contributed by atoms with Gasteiger partial charge in [-0.1, -0.05) is 64.0 Å². The van der Waals surface area contributed by atoms with E-state index in [1.807, 2.05) is 0 Å². The molecule has 0 fully saturated rings. The summed E-state index contributed by atoms with van der Waals surface area (Å²) in [5.74, 6) is 6.97. The van der Waals surface area contributed by atoms with Crippen molar-refractivity contribution >= 4 is 0 Å². The van der Waals surface area contributed by atoms with Gasteiger partial charge in [-0.25, -0.2) is 0 Å². The summed E-state index contributed by atoms with van der Waals surface area (Å²) in [7, 11) is 0. The molecule has 0 aliphatic heterocycles. The van der Waals surface area contributed by atoms with Crippen LogP contribution >= 0.6 is 0 Å². The second kappa shape index (κ2) is 8.85. The quantitative estimate of drug-likeness (QED) is 0.534. The lowest BCUT2D eigenvalue weighted by atomic mass is 9.82. The fourth-order valence-corrected chi connectivity index (χ4v) is 2.76. The van der Waals surface area contributed by atoms with Crippen molar-refractivity contribution in [3.05, 3.63) is 35.4 Å². The first-order valence-corrected chi connectivity index (χ1v) is 8.25. The second-order valence-corrected chi connectivity index (χ2v) is 6.11. The summed E-state index contributed by atoms with van der Waals surface area (Å²) in [6.45, 7) is 9.06. The molecule has 0 aromatic heterocycles. The van der Waals surface area contributed by atoms with Gasteiger partial charge in [-0.3, -0.25) is 0 Å². The summed E-state index contributed by atoms with van der Waals surface area (Å²) in [5.41, 5.74) is 2.78. The SMILES string of the molecule is CCCCc1cccc(C#CC(C)(CCC)CCC)c1. The highest BCUT2D eigenvalue weighted by Crippen LogP contribution is 2.28. The molecular weight excluding hydrogens is 240 g/mol. The highest BCUT2D eigenvalue weighted by Gasteiger charge is 2.18. The normalized spacial score (nSPS) is 11.0. The molecule has 0 heteroatoms. The van der Waals surface area contributed by atoms with Crippen LogP contribution in [0.2, 0.25) is 0 Å². The smallest absolute Gasteiger partial charge is 0.0290 e. The Morgan fingerprint density at radius 1 is 1.00 bits per heavy atom. The fraction of sp³-hybridized carbons (Fsp3) is 0.600. The monoisotopic (exact) mass is 270 g/mol. The van der Waals surface area contributed by atoms with Crippen LogP contribution in [0.15, 0.2) is 24.3 Å². The van der Waals surface area contributed by atoms with Gasteiger partial charge in [0.15, 0.2) is 0 Å². The van der Waals surface area contributed by atoms with Crippen LogP contribution in [0.1, 0.15) is 77.3 Å². The zero-order valence-corrected chi connectivity index (χ0v) is 13.8. The lowest BCUT2D eigenvalue weighted by molar-refractivity contribution is 0.370. The summed E-state index contributed by atoms with van der Waals surface area (Å²) in [5, 5.41) is 0.